The Kier molecular flexibility index (Phi) is 9.36. The van der Waals surface area contributed by atoms with Gasteiger partial charge in [-0.3, -0.25) is 14.4 Å². The highest BCUT2D eigenvalue weighted by Gasteiger charge is 2.43. The Balaban J connectivity index is 1.67. The van der Waals surface area contributed by atoms with E-state index in [2.05, 4.69) is 20.2 Å². The lowest BCUT2D eigenvalue weighted by molar-refractivity contribution is -0.139. The van der Waals surface area contributed by atoms with Gasteiger partial charge >= 0.3 is 6.09 Å². The van der Waals surface area contributed by atoms with Gasteiger partial charge in [0.05, 0.1) is 11.7 Å². The van der Waals surface area contributed by atoms with Crippen LogP contribution in [-0.4, -0.2) is 57.0 Å². The van der Waals surface area contributed by atoms with Crippen molar-refractivity contribution in [2.24, 2.45) is 5.41 Å². The van der Waals surface area contributed by atoms with E-state index in [1.54, 1.807) is 13.8 Å². The van der Waals surface area contributed by atoms with E-state index in [0.29, 0.717) is 36.4 Å². The molecular weight excluding hydrogens is 494 g/mol. The highest BCUT2D eigenvalue weighted by Crippen LogP contribution is 2.36. The number of rotatable bonds is 10. The zero-order chi connectivity index (χ0) is 27.2. The van der Waals surface area contributed by atoms with Gasteiger partial charge in [-0.15, -0.1) is 5.10 Å². The van der Waals surface area contributed by atoms with Crippen molar-refractivity contribution in [2.45, 2.75) is 78.6 Å². The molecule has 2 heterocycles. The molecule has 0 radical (unpaired) electrons. The molecule has 37 heavy (non-hydrogen) atoms. The predicted molar refractivity (Wildman–Crippen MR) is 139 cm³/mol. The largest absolute Gasteiger partial charge is 0.425 e. The van der Waals surface area contributed by atoms with Gasteiger partial charge in [-0.1, -0.05) is 68.4 Å². The molecule has 1 aromatic heterocycles. The fraction of sp³-hybridized carbons (Fsp3) is 0.538. The van der Waals surface area contributed by atoms with E-state index in [1.807, 2.05) is 51.1 Å². The van der Waals surface area contributed by atoms with E-state index >= 15 is 0 Å². The maximum absolute atomic E-state index is 13.1. The van der Waals surface area contributed by atoms with Crippen LogP contribution in [0.2, 0.25) is 0 Å². The maximum atomic E-state index is 13.1. The highest BCUT2D eigenvalue weighted by atomic mass is 32.1. The zero-order valence-electron chi connectivity index (χ0n) is 21.9. The predicted octanol–water partition coefficient (Wildman–Crippen LogP) is 3.78. The molecule has 1 fully saturated rings. The van der Waals surface area contributed by atoms with E-state index in [-0.39, 0.29) is 17.4 Å². The summed E-state index contributed by atoms with van der Waals surface area (Å²) in [6, 6.07) is 7.89. The fourth-order valence-electron chi connectivity index (χ4n) is 4.30. The number of unbranched alkanes of at least 4 members (excludes halogenated alkanes) is 1. The summed E-state index contributed by atoms with van der Waals surface area (Å²) in [5.41, 5.74) is 1.10. The average molecular weight is 530 g/mol. The molecular formula is C26H35N5O5S. The van der Waals surface area contributed by atoms with Crippen molar-refractivity contribution in [2.75, 3.05) is 6.54 Å². The number of carbonyl (C=O) groups excluding carboxylic acids is 4. The van der Waals surface area contributed by atoms with Crippen molar-refractivity contribution < 1.29 is 23.9 Å². The molecule has 1 aromatic carbocycles. The molecule has 200 valence electrons. The summed E-state index contributed by atoms with van der Waals surface area (Å²) in [5, 5.41) is 9.18. The minimum atomic E-state index is -1.04. The lowest BCUT2D eigenvalue weighted by Gasteiger charge is -2.25. The fourth-order valence-corrected chi connectivity index (χ4v) is 4.92. The van der Waals surface area contributed by atoms with E-state index in [1.165, 1.54) is 4.90 Å². The molecule has 0 aliphatic carbocycles. The van der Waals surface area contributed by atoms with E-state index in [4.69, 9.17) is 4.74 Å². The van der Waals surface area contributed by atoms with Crippen molar-refractivity contribution in [1.82, 2.24) is 25.1 Å². The number of ether oxygens (including phenoxy) is 1. The smallest absolute Gasteiger partial charge is 0.409 e. The molecule has 3 rings (SSSR count). The van der Waals surface area contributed by atoms with Gasteiger partial charge in [0, 0.05) is 13.0 Å². The number of likely N-dealkylation sites (tertiary alicyclic amines) is 1. The molecule has 1 saturated heterocycles. The second-order valence-corrected chi connectivity index (χ2v) is 10.9. The first-order chi connectivity index (χ1) is 17.5. The minimum Gasteiger partial charge on any atom is -0.425 e. The maximum Gasteiger partial charge on any atom is 0.409 e. The number of alkyl carbamates (subject to hydrolysis) is 1. The van der Waals surface area contributed by atoms with Crippen molar-refractivity contribution in [3.63, 3.8) is 0 Å². The molecule has 10 nitrogen and oxygen atoms in total. The summed E-state index contributed by atoms with van der Waals surface area (Å²) in [4.78, 5) is 53.6. The van der Waals surface area contributed by atoms with Crippen LogP contribution in [0.15, 0.2) is 30.3 Å². The molecule has 1 aliphatic heterocycles. The Morgan fingerprint density at radius 2 is 1.89 bits per heavy atom. The number of benzene rings is 1. The van der Waals surface area contributed by atoms with Gasteiger partial charge in [0.1, 0.15) is 10.9 Å². The first-order valence-corrected chi connectivity index (χ1v) is 13.3. The minimum absolute atomic E-state index is 0.280. The van der Waals surface area contributed by atoms with Gasteiger partial charge in [0.2, 0.25) is 5.78 Å². The third-order valence-corrected chi connectivity index (χ3v) is 7.16. The van der Waals surface area contributed by atoms with Crippen LogP contribution in [0.1, 0.15) is 80.3 Å². The van der Waals surface area contributed by atoms with Crippen molar-refractivity contribution >= 4 is 35.2 Å². The van der Waals surface area contributed by atoms with Crippen LogP contribution in [0, 0.1) is 12.3 Å². The number of nitrogens with one attached hydrogen (secondary N) is 2. The van der Waals surface area contributed by atoms with Gasteiger partial charge in [-0.05, 0) is 42.8 Å². The SMILES string of the molecule is CCCC[C@H](NC(=O)OC1CC(C)(C)CN1C(=O)c1snnc1C)C(=O)C(=O)N[C@H](C)c1ccccc1. The Hall–Kier alpha value is -3.34. The van der Waals surface area contributed by atoms with Crippen LogP contribution >= 0.6 is 11.5 Å². The average Bonchev–Trinajstić information content (AvgIpc) is 3.42. The number of hydrogen-bond acceptors (Lipinski definition) is 8. The molecule has 1 unspecified atom stereocenters. The summed E-state index contributed by atoms with van der Waals surface area (Å²) in [5.74, 6) is -1.81. The van der Waals surface area contributed by atoms with Gasteiger partial charge in [0.25, 0.3) is 11.8 Å². The second kappa shape index (κ2) is 12.3. The quantitative estimate of drug-likeness (QED) is 0.448. The number of aromatic nitrogens is 2. The van der Waals surface area contributed by atoms with Crippen LogP contribution in [-0.2, 0) is 14.3 Å². The summed E-state index contributed by atoms with van der Waals surface area (Å²) in [7, 11) is 0. The van der Waals surface area contributed by atoms with Crippen LogP contribution < -0.4 is 10.6 Å². The topological polar surface area (TPSA) is 131 Å². The summed E-state index contributed by atoms with van der Waals surface area (Å²) < 4.78 is 9.47. The molecule has 2 aromatic rings. The molecule has 0 bridgehead atoms. The Morgan fingerprint density at radius 1 is 1.19 bits per heavy atom. The van der Waals surface area contributed by atoms with Crippen LogP contribution in [0.5, 0.6) is 0 Å². The Morgan fingerprint density at radius 3 is 2.51 bits per heavy atom. The van der Waals surface area contributed by atoms with Crippen LogP contribution in [0.25, 0.3) is 0 Å². The number of carbonyl (C=O) groups is 4. The first kappa shape index (κ1) is 28.2. The van der Waals surface area contributed by atoms with Crippen molar-refractivity contribution in [3.05, 3.63) is 46.5 Å². The lowest BCUT2D eigenvalue weighted by Crippen LogP contribution is -2.49. The van der Waals surface area contributed by atoms with Gasteiger partial charge < -0.3 is 20.3 Å². The third kappa shape index (κ3) is 7.34. The molecule has 11 heteroatoms. The number of nitrogens with zero attached hydrogens (tertiary/aromatic N) is 3. The summed E-state index contributed by atoms with van der Waals surface area (Å²) in [6.07, 6.45) is 0.471. The van der Waals surface area contributed by atoms with Crippen molar-refractivity contribution in [1.29, 1.82) is 0 Å². The van der Waals surface area contributed by atoms with E-state index in [9.17, 15) is 19.2 Å². The molecule has 0 spiro atoms. The highest BCUT2D eigenvalue weighted by molar-refractivity contribution is 7.07. The summed E-state index contributed by atoms with van der Waals surface area (Å²) in [6.45, 7) is 9.80. The molecule has 3 atom stereocenters. The van der Waals surface area contributed by atoms with Gasteiger partial charge in [-0.2, -0.15) is 0 Å². The standard InChI is InChI=1S/C26H35N5O5S/c1-6-7-13-19(21(32)23(33)27-16(2)18-11-9-8-10-12-18)28-25(35)36-20-14-26(4,5)15-31(20)24(34)22-17(3)29-30-37-22/h8-12,16,19-20H,6-7,13-15H2,1-5H3,(H,27,33)(H,28,35)/t16-,19+,20?/m1/s1. The van der Waals surface area contributed by atoms with Gasteiger partial charge in [-0.25, -0.2) is 4.79 Å². The van der Waals surface area contributed by atoms with Gasteiger partial charge in [0.15, 0.2) is 6.23 Å². The third-order valence-electron chi connectivity index (χ3n) is 6.35. The number of ketones is 1. The Labute approximate surface area is 221 Å². The zero-order valence-corrected chi connectivity index (χ0v) is 22.8. The van der Waals surface area contributed by atoms with E-state index < -0.39 is 30.1 Å². The normalized spacial score (nSPS) is 18.1. The number of amides is 3. The molecule has 0 saturated carbocycles. The van der Waals surface area contributed by atoms with Crippen molar-refractivity contribution in [3.8, 4) is 0 Å². The molecule has 3 amide bonds. The monoisotopic (exact) mass is 529 g/mol. The molecule has 2 N–H and O–H groups in total. The van der Waals surface area contributed by atoms with Crippen LogP contribution in [0.3, 0.4) is 0 Å². The summed E-state index contributed by atoms with van der Waals surface area (Å²) >= 11 is 0.998. The van der Waals surface area contributed by atoms with E-state index in [0.717, 1.165) is 23.5 Å². The lowest BCUT2D eigenvalue weighted by atomic mass is 9.93. The number of hydrogen-bond donors (Lipinski definition) is 2. The number of aryl methyl sites for hydroxylation is 1. The number of Topliss-reactive ketones (excluding diaryl/α,β-unsaturated/α-hetero) is 1. The first-order valence-electron chi connectivity index (χ1n) is 12.5. The second-order valence-electron chi connectivity index (χ2n) is 10.2. The Bertz CT molecular complexity index is 1120. The molecule has 1 aliphatic rings. The van der Waals surface area contributed by atoms with Crippen LogP contribution in [0.4, 0.5) is 4.79 Å².